The number of likely N-dealkylation sites (tertiary alicyclic amines) is 1. The third-order valence-electron chi connectivity index (χ3n) is 3.40. The molecule has 1 aliphatic rings. The second kappa shape index (κ2) is 5.75. The molecular formula is C14H20FN3O2. The van der Waals surface area contributed by atoms with Crippen molar-refractivity contribution in [1.29, 1.82) is 0 Å². The minimum atomic E-state index is -0.886. The molecule has 1 aliphatic heterocycles. The molecule has 1 fully saturated rings. The van der Waals surface area contributed by atoms with Crippen LogP contribution in [-0.2, 0) is 0 Å². The van der Waals surface area contributed by atoms with Crippen LogP contribution in [0.3, 0.4) is 0 Å². The molecule has 5 nitrogen and oxygen atoms in total. The monoisotopic (exact) mass is 281 g/mol. The van der Waals surface area contributed by atoms with Gasteiger partial charge in [0.1, 0.15) is 0 Å². The third-order valence-corrected chi connectivity index (χ3v) is 3.40. The summed E-state index contributed by atoms with van der Waals surface area (Å²) in [5, 5.41) is 12.7. The van der Waals surface area contributed by atoms with Gasteiger partial charge in [-0.2, -0.15) is 0 Å². The first-order valence-electron chi connectivity index (χ1n) is 6.84. The van der Waals surface area contributed by atoms with E-state index >= 15 is 0 Å². The summed E-state index contributed by atoms with van der Waals surface area (Å²) >= 11 is 0. The molecule has 110 valence electrons. The molecule has 1 aromatic heterocycles. The average molecular weight is 281 g/mol. The van der Waals surface area contributed by atoms with Crippen LogP contribution in [0, 0.1) is 5.82 Å². The molecule has 1 atom stereocenters. The summed E-state index contributed by atoms with van der Waals surface area (Å²) < 4.78 is 14.3. The maximum atomic E-state index is 14.3. The van der Waals surface area contributed by atoms with Crippen LogP contribution in [0.25, 0.3) is 0 Å². The van der Waals surface area contributed by atoms with Gasteiger partial charge in [-0.1, -0.05) is 6.92 Å². The van der Waals surface area contributed by atoms with Crippen LogP contribution in [0.5, 0.6) is 0 Å². The fourth-order valence-electron chi connectivity index (χ4n) is 2.26. The molecule has 6 heteroatoms. The SMILES string of the molecule is CCCNc1nccc(C(=O)N2CCC(C)(O)C2)c1F. The number of amides is 1. The van der Waals surface area contributed by atoms with Crippen LogP contribution in [0.4, 0.5) is 10.2 Å². The minimum absolute atomic E-state index is 0.00342. The molecule has 2 heterocycles. The van der Waals surface area contributed by atoms with Crippen LogP contribution in [0.2, 0.25) is 0 Å². The summed E-state index contributed by atoms with van der Waals surface area (Å²) in [5.41, 5.74) is -0.890. The van der Waals surface area contributed by atoms with Crippen molar-refractivity contribution < 1.29 is 14.3 Å². The number of halogens is 1. The number of hydrogen-bond acceptors (Lipinski definition) is 4. The summed E-state index contributed by atoms with van der Waals surface area (Å²) in [6.45, 7) is 4.90. The van der Waals surface area contributed by atoms with Crippen LogP contribution < -0.4 is 5.32 Å². The zero-order valence-corrected chi connectivity index (χ0v) is 11.8. The molecule has 0 bridgehead atoms. The Morgan fingerprint density at radius 3 is 3.00 bits per heavy atom. The van der Waals surface area contributed by atoms with Crippen molar-refractivity contribution in [2.24, 2.45) is 0 Å². The molecule has 2 rings (SSSR count). The summed E-state index contributed by atoms with van der Waals surface area (Å²) in [6, 6.07) is 1.38. The van der Waals surface area contributed by atoms with E-state index in [1.54, 1.807) is 6.92 Å². The van der Waals surface area contributed by atoms with Gasteiger partial charge in [0.05, 0.1) is 11.2 Å². The molecule has 2 N–H and O–H groups in total. The van der Waals surface area contributed by atoms with Gasteiger partial charge < -0.3 is 15.3 Å². The number of pyridine rings is 1. The highest BCUT2D eigenvalue weighted by molar-refractivity contribution is 5.95. The lowest BCUT2D eigenvalue weighted by atomic mass is 10.1. The quantitative estimate of drug-likeness (QED) is 0.880. The Bertz CT molecular complexity index is 505. The van der Waals surface area contributed by atoms with Gasteiger partial charge in [0.15, 0.2) is 11.6 Å². The fraction of sp³-hybridized carbons (Fsp3) is 0.571. The van der Waals surface area contributed by atoms with Gasteiger partial charge >= 0.3 is 0 Å². The number of β-amino-alcohol motifs (C(OH)–C–C–N with tert-alkyl or cyclic N) is 1. The van der Waals surface area contributed by atoms with Crippen molar-refractivity contribution >= 4 is 11.7 Å². The molecule has 1 unspecified atom stereocenters. The first-order valence-corrected chi connectivity index (χ1v) is 6.84. The Morgan fingerprint density at radius 1 is 1.65 bits per heavy atom. The summed E-state index contributed by atoms with van der Waals surface area (Å²) in [4.78, 5) is 17.7. The Labute approximate surface area is 117 Å². The zero-order chi connectivity index (χ0) is 14.8. The van der Waals surface area contributed by atoms with Gasteiger partial charge in [-0.05, 0) is 25.8 Å². The summed E-state index contributed by atoms with van der Waals surface area (Å²) in [6.07, 6.45) is 2.77. The van der Waals surface area contributed by atoms with E-state index in [9.17, 15) is 14.3 Å². The van der Waals surface area contributed by atoms with E-state index in [1.807, 2.05) is 6.92 Å². The molecule has 0 radical (unpaired) electrons. The Balaban J connectivity index is 2.18. The van der Waals surface area contributed by atoms with E-state index in [0.717, 1.165) is 6.42 Å². The van der Waals surface area contributed by atoms with Crippen LogP contribution >= 0.6 is 0 Å². The van der Waals surface area contributed by atoms with Gasteiger partial charge in [-0.3, -0.25) is 4.79 Å². The number of nitrogens with one attached hydrogen (secondary N) is 1. The van der Waals surface area contributed by atoms with Crippen molar-refractivity contribution in [3.63, 3.8) is 0 Å². The van der Waals surface area contributed by atoms with Crippen molar-refractivity contribution in [3.8, 4) is 0 Å². The van der Waals surface area contributed by atoms with E-state index in [2.05, 4.69) is 10.3 Å². The van der Waals surface area contributed by atoms with Gasteiger partial charge in [0.25, 0.3) is 5.91 Å². The average Bonchev–Trinajstić information content (AvgIpc) is 2.77. The summed E-state index contributed by atoms with van der Waals surface area (Å²) in [7, 11) is 0. The van der Waals surface area contributed by atoms with E-state index in [1.165, 1.54) is 17.2 Å². The van der Waals surface area contributed by atoms with Gasteiger partial charge in [0.2, 0.25) is 0 Å². The van der Waals surface area contributed by atoms with Gasteiger partial charge in [-0.15, -0.1) is 0 Å². The smallest absolute Gasteiger partial charge is 0.257 e. The number of carbonyl (C=O) groups is 1. The standard InChI is InChI=1S/C14H20FN3O2/c1-3-6-16-12-11(15)10(4-7-17-12)13(19)18-8-5-14(2,20)9-18/h4,7,20H,3,5-6,8-9H2,1-2H3,(H,16,17). The topological polar surface area (TPSA) is 65.5 Å². The van der Waals surface area contributed by atoms with Crippen molar-refractivity contribution in [2.45, 2.75) is 32.3 Å². The van der Waals surface area contributed by atoms with Crippen LogP contribution in [0.1, 0.15) is 37.0 Å². The van der Waals surface area contributed by atoms with Crippen LogP contribution in [0.15, 0.2) is 12.3 Å². The molecule has 0 aliphatic carbocycles. The Morgan fingerprint density at radius 2 is 2.40 bits per heavy atom. The fourth-order valence-corrected chi connectivity index (χ4v) is 2.26. The largest absolute Gasteiger partial charge is 0.388 e. The number of aromatic nitrogens is 1. The molecule has 1 amide bonds. The maximum absolute atomic E-state index is 14.3. The molecule has 0 saturated carbocycles. The first kappa shape index (κ1) is 14.7. The highest BCUT2D eigenvalue weighted by Gasteiger charge is 2.35. The Hall–Kier alpha value is -1.69. The number of carbonyl (C=O) groups excluding carboxylic acids is 1. The minimum Gasteiger partial charge on any atom is -0.388 e. The number of anilines is 1. The lowest BCUT2D eigenvalue weighted by Gasteiger charge is -2.19. The van der Waals surface area contributed by atoms with Gasteiger partial charge in [0, 0.05) is 25.8 Å². The highest BCUT2D eigenvalue weighted by Crippen LogP contribution is 2.24. The molecular weight excluding hydrogens is 261 g/mol. The number of hydrogen-bond donors (Lipinski definition) is 2. The third kappa shape index (κ3) is 3.07. The lowest BCUT2D eigenvalue weighted by molar-refractivity contribution is 0.0569. The van der Waals surface area contributed by atoms with Crippen LogP contribution in [-0.4, -0.2) is 46.1 Å². The lowest BCUT2D eigenvalue weighted by Crippen LogP contribution is -2.34. The number of rotatable bonds is 4. The predicted molar refractivity (Wildman–Crippen MR) is 74.1 cm³/mol. The zero-order valence-electron chi connectivity index (χ0n) is 11.8. The Kier molecular flexibility index (Phi) is 4.23. The second-order valence-corrected chi connectivity index (χ2v) is 5.42. The number of aliphatic hydroxyl groups is 1. The van der Waals surface area contributed by atoms with Crippen molar-refractivity contribution in [1.82, 2.24) is 9.88 Å². The van der Waals surface area contributed by atoms with Crippen molar-refractivity contribution in [3.05, 3.63) is 23.6 Å². The van der Waals surface area contributed by atoms with E-state index in [4.69, 9.17) is 0 Å². The van der Waals surface area contributed by atoms with Gasteiger partial charge in [-0.25, -0.2) is 9.37 Å². The predicted octanol–water partition coefficient (Wildman–Crippen LogP) is 1.64. The molecule has 20 heavy (non-hydrogen) atoms. The first-order chi connectivity index (χ1) is 9.44. The van der Waals surface area contributed by atoms with E-state index in [0.29, 0.717) is 19.5 Å². The second-order valence-electron chi connectivity index (χ2n) is 5.42. The molecule has 1 aromatic rings. The molecule has 1 saturated heterocycles. The number of nitrogens with zero attached hydrogens (tertiary/aromatic N) is 2. The highest BCUT2D eigenvalue weighted by atomic mass is 19.1. The van der Waals surface area contributed by atoms with E-state index in [-0.39, 0.29) is 17.9 Å². The maximum Gasteiger partial charge on any atom is 0.257 e. The van der Waals surface area contributed by atoms with E-state index < -0.39 is 17.3 Å². The normalized spacial score (nSPS) is 22.1. The molecule has 0 aromatic carbocycles. The van der Waals surface area contributed by atoms with Crippen molar-refractivity contribution in [2.75, 3.05) is 25.0 Å². The summed E-state index contributed by atoms with van der Waals surface area (Å²) in [5.74, 6) is -0.927. The molecule has 0 spiro atoms.